The fourth-order valence-corrected chi connectivity index (χ4v) is 0.702. The zero-order chi connectivity index (χ0) is 12.5. The van der Waals surface area contributed by atoms with Crippen LogP contribution in [0.15, 0.2) is 23.8 Å². The van der Waals surface area contributed by atoms with Crippen LogP contribution in [0.25, 0.3) is 0 Å². The number of hydrogen-bond donors (Lipinski definition) is 2. The highest BCUT2D eigenvalue weighted by Crippen LogP contribution is 1.89. The van der Waals surface area contributed by atoms with Crippen molar-refractivity contribution >= 4 is 18.2 Å². The fourth-order valence-electron chi connectivity index (χ4n) is 0.498. The van der Waals surface area contributed by atoms with E-state index < -0.39 is 0 Å². The van der Waals surface area contributed by atoms with Gasteiger partial charge in [-0.25, -0.2) is 4.83 Å². The molecule has 3 nitrogen and oxygen atoms in total. The van der Waals surface area contributed by atoms with Crippen molar-refractivity contribution in [2.75, 3.05) is 13.3 Å². The van der Waals surface area contributed by atoms with Crippen LogP contribution in [0.3, 0.4) is 0 Å². The molecule has 4 heteroatoms. The highest BCUT2D eigenvalue weighted by molar-refractivity contribution is 7.96. The number of hydrogen-bond acceptors (Lipinski definition) is 4. The van der Waals surface area contributed by atoms with Crippen molar-refractivity contribution in [1.82, 2.24) is 10.3 Å². The van der Waals surface area contributed by atoms with E-state index in [2.05, 4.69) is 10.3 Å². The third-order valence-corrected chi connectivity index (χ3v) is 1.44. The molecule has 0 rings (SSSR count). The van der Waals surface area contributed by atoms with Crippen molar-refractivity contribution in [3.05, 3.63) is 23.8 Å². The van der Waals surface area contributed by atoms with E-state index in [1.54, 1.807) is 24.1 Å². The van der Waals surface area contributed by atoms with Crippen LogP contribution in [0.4, 0.5) is 0 Å². The summed E-state index contributed by atoms with van der Waals surface area (Å²) in [5.41, 5.74) is 3.46. The third kappa shape index (κ3) is 24.7. The first-order chi connectivity index (χ1) is 7.26. The summed E-state index contributed by atoms with van der Waals surface area (Å²) in [7, 11) is 1.83. The van der Waals surface area contributed by atoms with Crippen molar-refractivity contribution in [1.29, 1.82) is 0 Å². The molecule has 0 atom stereocenters. The van der Waals surface area contributed by atoms with Crippen LogP contribution in [-0.4, -0.2) is 19.6 Å². The first-order valence-corrected chi connectivity index (χ1v) is 6.18. The molecule has 0 bridgehead atoms. The van der Waals surface area contributed by atoms with E-state index in [0.717, 1.165) is 11.9 Å². The minimum absolute atomic E-state index is 0.729. The SMILES string of the molecule is C/C=C\C(C=O)=C/C.CC.CNNSC. The molecule has 0 radical (unpaired) electrons. The van der Waals surface area contributed by atoms with E-state index in [4.69, 9.17) is 0 Å². The molecule has 0 amide bonds. The average Bonchev–Trinajstić information content (AvgIpc) is 2.30. The maximum absolute atomic E-state index is 10.0. The Morgan fingerprint density at radius 3 is 1.87 bits per heavy atom. The summed E-state index contributed by atoms with van der Waals surface area (Å²) in [6.45, 7) is 7.72. The number of aldehydes is 1. The van der Waals surface area contributed by atoms with Gasteiger partial charge in [0.25, 0.3) is 0 Å². The molecule has 0 aliphatic rings. The number of carbonyl (C=O) groups excluding carboxylic acids is 1. The second-order valence-corrected chi connectivity index (χ2v) is 2.58. The van der Waals surface area contributed by atoms with Crippen molar-refractivity contribution in [2.45, 2.75) is 27.7 Å². The van der Waals surface area contributed by atoms with E-state index in [-0.39, 0.29) is 0 Å². The van der Waals surface area contributed by atoms with Gasteiger partial charge in [0.1, 0.15) is 6.29 Å². The minimum Gasteiger partial charge on any atom is -0.298 e. The Bertz CT molecular complexity index is 166. The normalized spacial score (nSPS) is 9.87. The van der Waals surface area contributed by atoms with Crippen LogP contribution >= 0.6 is 11.9 Å². The highest BCUT2D eigenvalue weighted by Gasteiger charge is 1.79. The smallest absolute Gasteiger partial charge is 0.149 e. The topological polar surface area (TPSA) is 41.1 Å². The quantitative estimate of drug-likeness (QED) is 0.257. The third-order valence-electron chi connectivity index (χ3n) is 1.03. The summed E-state index contributed by atoms with van der Waals surface area (Å²) in [5, 5.41) is 0. The van der Waals surface area contributed by atoms with Crippen molar-refractivity contribution in [2.24, 2.45) is 0 Å². The molecule has 2 N–H and O–H groups in total. The molecular weight excluding hydrogens is 208 g/mol. The average molecular weight is 232 g/mol. The van der Waals surface area contributed by atoms with E-state index >= 15 is 0 Å². The summed E-state index contributed by atoms with van der Waals surface area (Å²) in [4.78, 5) is 12.8. The lowest BCUT2D eigenvalue weighted by Crippen LogP contribution is -2.18. The molecule has 0 saturated heterocycles. The molecule has 0 unspecified atom stereocenters. The van der Waals surface area contributed by atoms with Crippen LogP contribution in [0.1, 0.15) is 27.7 Å². The van der Waals surface area contributed by atoms with E-state index in [0.29, 0.717) is 0 Å². The Kier molecular flexibility index (Phi) is 31.0. The zero-order valence-electron chi connectivity index (χ0n) is 10.6. The number of allylic oxidation sites excluding steroid dienone is 4. The highest BCUT2D eigenvalue weighted by atomic mass is 32.2. The molecule has 0 aromatic heterocycles. The number of rotatable bonds is 4. The summed E-state index contributed by atoms with van der Waals surface area (Å²) in [5.74, 6) is 0. The molecular formula is C11H24N2OS. The van der Waals surface area contributed by atoms with Gasteiger partial charge in [-0.3, -0.25) is 10.2 Å². The van der Waals surface area contributed by atoms with Crippen molar-refractivity contribution in [3.8, 4) is 0 Å². The van der Waals surface area contributed by atoms with Gasteiger partial charge in [-0.1, -0.05) is 44.0 Å². The summed E-state index contributed by atoms with van der Waals surface area (Å²) < 4.78 is 0. The van der Waals surface area contributed by atoms with Gasteiger partial charge in [0.15, 0.2) is 0 Å². The second-order valence-electron chi connectivity index (χ2n) is 1.96. The molecule has 0 spiro atoms. The molecule has 15 heavy (non-hydrogen) atoms. The summed E-state index contributed by atoms with van der Waals surface area (Å²) >= 11 is 1.54. The Balaban J connectivity index is -0.000000177. The van der Waals surface area contributed by atoms with E-state index in [9.17, 15) is 4.79 Å². The summed E-state index contributed by atoms with van der Waals surface area (Å²) in [6, 6.07) is 0. The van der Waals surface area contributed by atoms with Crippen LogP contribution in [-0.2, 0) is 4.79 Å². The van der Waals surface area contributed by atoms with Crippen molar-refractivity contribution < 1.29 is 4.79 Å². The molecule has 0 saturated carbocycles. The van der Waals surface area contributed by atoms with Gasteiger partial charge in [-0.2, -0.15) is 0 Å². The molecule has 0 aliphatic carbocycles. The van der Waals surface area contributed by atoms with E-state index in [1.165, 1.54) is 0 Å². The van der Waals surface area contributed by atoms with Crippen molar-refractivity contribution in [3.63, 3.8) is 0 Å². The Labute approximate surface area is 98.5 Å². The maximum atomic E-state index is 10.0. The lowest BCUT2D eigenvalue weighted by Gasteiger charge is -1.89. The van der Waals surface area contributed by atoms with Gasteiger partial charge < -0.3 is 0 Å². The first kappa shape index (κ1) is 19.9. The number of carbonyl (C=O) groups is 1. The Morgan fingerprint density at radius 2 is 1.80 bits per heavy atom. The largest absolute Gasteiger partial charge is 0.298 e. The zero-order valence-corrected chi connectivity index (χ0v) is 11.4. The van der Waals surface area contributed by atoms with Gasteiger partial charge in [-0.05, 0) is 27.2 Å². The van der Waals surface area contributed by atoms with Gasteiger partial charge in [0, 0.05) is 5.57 Å². The molecule has 0 aliphatic heterocycles. The molecule has 0 aromatic carbocycles. The lowest BCUT2D eigenvalue weighted by molar-refractivity contribution is -0.104. The minimum atomic E-state index is 0.729. The van der Waals surface area contributed by atoms with Gasteiger partial charge in [0.2, 0.25) is 0 Å². The van der Waals surface area contributed by atoms with Gasteiger partial charge in [0.05, 0.1) is 0 Å². The Hall–Kier alpha value is -0.580. The number of hydrazine groups is 1. The Morgan fingerprint density at radius 1 is 1.27 bits per heavy atom. The monoisotopic (exact) mass is 232 g/mol. The predicted octanol–water partition coefficient (Wildman–Crippen LogP) is 2.72. The molecule has 0 aromatic rings. The summed E-state index contributed by atoms with van der Waals surface area (Å²) in [6.07, 6.45) is 8.17. The van der Waals surface area contributed by atoms with Crippen LogP contribution in [0, 0.1) is 0 Å². The standard InChI is InChI=1S/C7H10O.C2H8N2S.C2H6/c1-3-5-7(4-2)6-8;1-3-4-5-2;1-2/h3-6H,1-2H3;3-4H,1-2H3;1-2H3/b5-3-,7-4+;;. The first-order valence-electron chi connectivity index (χ1n) is 4.95. The lowest BCUT2D eigenvalue weighted by atomic mass is 10.3. The van der Waals surface area contributed by atoms with E-state index in [1.807, 2.05) is 47.1 Å². The van der Waals surface area contributed by atoms with Crippen LogP contribution in [0.5, 0.6) is 0 Å². The fraction of sp³-hybridized carbons (Fsp3) is 0.545. The predicted molar refractivity (Wildman–Crippen MR) is 71.7 cm³/mol. The van der Waals surface area contributed by atoms with Gasteiger partial charge >= 0.3 is 0 Å². The van der Waals surface area contributed by atoms with Crippen LogP contribution < -0.4 is 10.3 Å². The molecule has 0 fully saturated rings. The van der Waals surface area contributed by atoms with Crippen LogP contribution in [0.2, 0.25) is 0 Å². The number of nitrogens with one attached hydrogen (secondary N) is 2. The maximum Gasteiger partial charge on any atom is 0.149 e. The molecule has 90 valence electrons. The molecule has 0 heterocycles. The second kappa shape index (κ2) is 23.3. The van der Waals surface area contributed by atoms with Gasteiger partial charge in [-0.15, -0.1) is 0 Å².